The minimum Gasteiger partial charge on any atom is -0.366 e. The number of aromatic nitrogens is 1. The number of hydrogen-bond donors (Lipinski definition) is 1. The van der Waals surface area contributed by atoms with E-state index in [2.05, 4.69) is 4.98 Å². The first-order valence-corrected chi connectivity index (χ1v) is 7.14. The Kier molecular flexibility index (Phi) is 3.82. The molecule has 0 radical (unpaired) electrons. The fourth-order valence-corrected chi connectivity index (χ4v) is 2.72. The summed E-state index contributed by atoms with van der Waals surface area (Å²) in [7, 11) is 0. The largest absolute Gasteiger partial charge is 0.366 e. The van der Waals surface area contributed by atoms with Gasteiger partial charge in [0, 0.05) is 34.1 Å². The first-order chi connectivity index (χ1) is 10.2. The molecule has 0 aliphatic carbocycles. The van der Waals surface area contributed by atoms with Crippen LogP contribution >= 0.6 is 23.2 Å². The van der Waals surface area contributed by atoms with Crippen molar-refractivity contribution < 1.29 is 4.79 Å². The predicted molar refractivity (Wildman–Crippen MR) is 86.1 cm³/mol. The van der Waals surface area contributed by atoms with Crippen LogP contribution in [0.5, 0.6) is 0 Å². The third-order valence-electron chi connectivity index (χ3n) is 3.25. The van der Waals surface area contributed by atoms with E-state index in [1.165, 1.54) is 0 Å². The van der Waals surface area contributed by atoms with Gasteiger partial charge in [0.25, 0.3) is 0 Å². The molecule has 3 aromatic rings. The normalized spacial score (nSPS) is 10.6. The molecule has 0 aliphatic rings. The maximum atomic E-state index is 12.7. The molecule has 0 fully saturated rings. The Morgan fingerprint density at radius 1 is 0.905 bits per heavy atom. The number of nitrogens with one attached hydrogen (secondary N) is 1. The van der Waals surface area contributed by atoms with Crippen molar-refractivity contribution in [3.05, 3.63) is 82.1 Å². The van der Waals surface area contributed by atoms with E-state index in [0.29, 0.717) is 21.2 Å². The average Bonchev–Trinajstić information content (AvgIpc) is 2.97. The zero-order chi connectivity index (χ0) is 14.8. The van der Waals surface area contributed by atoms with E-state index >= 15 is 0 Å². The third kappa shape index (κ3) is 2.73. The molecule has 1 N–H and O–H groups in total. The van der Waals surface area contributed by atoms with Crippen LogP contribution in [-0.4, -0.2) is 10.8 Å². The molecule has 0 spiro atoms. The van der Waals surface area contributed by atoms with Crippen LogP contribution in [0.1, 0.15) is 15.9 Å². The highest BCUT2D eigenvalue weighted by Gasteiger charge is 2.18. The third-order valence-corrected chi connectivity index (χ3v) is 3.80. The van der Waals surface area contributed by atoms with Gasteiger partial charge < -0.3 is 4.98 Å². The molecular formula is C17H11Cl2NO. The molecular weight excluding hydrogens is 305 g/mol. The van der Waals surface area contributed by atoms with Crippen LogP contribution in [0, 0.1) is 0 Å². The second kappa shape index (κ2) is 5.76. The number of halogens is 2. The Hall–Kier alpha value is -2.03. The molecule has 1 aromatic heterocycles. The Labute approximate surface area is 132 Å². The van der Waals surface area contributed by atoms with Gasteiger partial charge in [0.05, 0.1) is 5.02 Å². The number of aromatic amines is 1. The zero-order valence-electron chi connectivity index (χ0n) is 10.9. The van der Waals surface area contributed by atoms with Crippen molar-refractivity contribution in [1.29, 1.82) is 0 Å². The number of benzene rings is 2. The molecule has 2 aromatic carbocycles. The molecule has 0 saturated carbocycles. The molecule has 21 heavy (non-hydrogen) atoms. The van der Waals surface area contributed by atoms with Gasteiger partial charge in [-0.1, -0.05) is 53.5 Å². The van der Waals surface area contributed by atoms with Gasteiger partial charge in [0.2, 0.25) is 0 Å². The zero-order valence-corrected chi connectivity index (χ0v) is 12.4. The lowest BCUT2D eigenvalue weighted by atomic mass is 9.98. The molecule has 104 valence electrons. The lowest BCUT2D eigenvalue weighted by Crippen LogP contribution is -2.02. The highest BCUT2D eigenvalue weighted by atomic mass is 35.5. The molecule has 0 saturated heterocycles. The number of carbonyl (C=O) groups excluding carboxylic acids is 1. The van der Waals surface area contributed by atoms with E-state index < -0.39 is 0 Å². The molecule has 3 rings (SSSR count). The van der Waals surface area contributed by atoms with Crippen molar-refractivity contribution in [2.75, 3.05) is 0 Å². The van der Waals surface area contributed by atoms with Crippen molar-refractivity contribution in [3.8, 4) is 11.1 Å². The molecule has 0 bridgehead atoms. The molecule has 0 atom stereocenters. The van der Waals surface area contributed by atoms with E-state index in [4.69, 9.17) is 23.2 Å². The summed E-state index contributed by atoms with van der Waals surface area (Å²) >= 11 is 12.0. The second-order valence-corrected chi connectivity index (χ2v) is 5.45. The summed E-state index contributed by atoms with van der Waals surface area (Å²) in [5.41, 5.74) is 2.86. The average molecular weight is 316 g/mol. The maximum Gasteiger partial charge on any atom is 0.196 e. The van der Waals surface area contributed by atoms with Gasteiger partial charge in [-0.05, 0) is 23.8 Å². The summed E-state index contributed by atoms with van der Waals surface area (Å²) < 4.78 is 0. The summed E-state index contributed by atoms with van der Waals surface area (Å²) in [5.74, 6) is -0.128. The molecule has 0 unspecified atom stereocenters. The number of carbonyl (C=O) groups is 1. The van der Waals surface area contributed by atoms with Gasteiger partial charge >= 0.3 is 0 Å². The molecule has 4 heteroatoms. The summed E-state index contributed by atoms with van der Waals surface area (Å²) in [6.45, 7) is 0. The van der Waals surface area contributed by atoms with Crippen LogP contribution in [0.4, 0.5) is 0 Å². The van der Waals surface area contributed by atoms with Crippen LogP contribution in [0.15, 0.2) is 60.9 Å². The molecule has 1 heterocycles. The van der Waals surface area contributed by atoms with Gasteiger partial charge in [0.1, 0.15) is 0 Å². The van der Waals surface area contributed by atoms with E-state index in [0.717, 1.165) is 11.1 Å². The number of H-pyrrole nitrogens is 1. The Bertz CT molecular complexity index is 794. The van der Waals surface area contributed by atoms with Gasteiger partial charge in [-0.15, -0.1) is 0 Å². The van der Waals surface area contributed by atoms with Crippen molar-refractivity contribution in [2.24, 2.45) is 0 Å². The molecule has 2 nitrogen and oxygen atoms in total. The molecule has 0 aliphatic heterocycles. The standard InChI is InChI=1S/C17H11Cl2NO/c18-12-6-7-13(16(19)8-12)17(21)15-10-20-9-14(15)11-4-2-1-3-5-11/h1-10,20H. The SMILES string of the molecule is O=C(c1ccc(Cl)cc1Cl)c1c[nH]cc1-c1ccccc1. The van der Waals surface area contributed by atoms with E-state index in [1.54, 1.807) is 24.4 Å². The van der Waals surface area contributed by atoms with Gasteiger partial charge in [-0.2, -0.15) is 0 Å². The monoisotopic (exact) mass is 315 g/mol. The van der Waals surface area contributed by atoms with E-state index in [1.807, 2.05) is 36.5 Å². The summed E-state index contributed by atoms with van der Waals surface area (Å²) in [5, 5.41) is 0.863. The fourth-order valence-electron chi connectivity index (χ4n) is 2.23. The lowest BCUT2D eigenvalue weighted by Gasteiger charge is -2.06. The minimum atomic E-state index is -0.128. The maximum absolute atomic E-state index is 12.7. The van der Waals surface area contributed by atoms with Crippen LogP contribution in [0.2, 0.25) is 10.0 Å². The minimum absolute atomic E-state index is 0.128. The number of hydrogen-bond acceptors (Lipinski definition) is 1. The quantitative estimate of drug-likeness (QED) is 0.660. The van der Waals surface area contributed by atoms with Crippen molar-refractivity contribution in [2.45, 2.75) is 0 Å². The van der Waals surface area contributed by atoms with E-state index in [9.17, 15) is 4.79 Å². The van der Waals surface area contributed by atoms with Crippen molar-refractivity contribution in [3.63, 3.8) is 0 Å². The number of ketones is 1. The lowest BCUT2D eigenvalue weighted by molar-refractivity contribution is 0.103. The van der Waals surface area contributed by atoms with Crippen LogP contribution < -0.4 is 0 Å². The van der Waals surface area contributed by atoms with Gasteiger partial charge in [-0.25, -0.2) is 0 Å². The van der Waals surface area contributed by atoms with Gasteiger partial charge in [-0.3, -0.25) is 4.79 Å². The first kappa shape index (κ1) is 13.9. The van der Waals surface area contributed by atoms with Crippen molar-refractivity contribution >= 4 is 29.0 Å². The Balaban J connectivity index is 2.06. The van der Waals surface area contributed by atoms with Crippen LogP contribution in [0.3, 0.4) is 0 Å². The van der Waals surface area contributed by atoms with Crippen LogP contribution in [-0.2, 0) is 0 Å². The molecule has 0 amide bonds. The summed E-state index contributed by atoms with van der Waals surface area (Å²) in [6, 6.07) is 14.6. The first-order valence-electron chi connectivity index (χ1n) is 6.39. The van der Waals surface area contributed by atoms with Crippen LogP contribution in [0.25, 0.3) is 11.1 Å². The summed E-state index contributed by atoms with van der Waals surface area (Å²) in [6.07, 6.45) is 3.50. The predicted octanol–water partition coefficient (Wildman–Crippen LogP) is 5.22. The van der Waals surface area contributed by atoms with E-state index in [-0.39, 0.29) is 5.78 Å². The highest BCUT2D eigenvalue weighted by Crippen LogP contribution is 2.28. The van der Waals surface area contributed by atoms with Crippen molar-refractivity contribution in [1.82, 2.24) is 4.98 Å². The van der Waals surface area contributed by atoms with Gasteiger partial charge in [0.15, 0.2) is 5.78 Å². The highest BCUT2D eigenvalue weighted by molar-refractivity contribution is 6.37. The topological polar surface area (TPSA) is 32.9 Å². The smallest absolute Gasteiger partial charge is 0.196 e. The summed E-state index contributed by atoms with van der Waals surface area (Å²) in [4.78, 5) is 15.7. The Morgan fingerprint density at radius 2 is 1.67 bits per heavy atom. The Morgan fingerprint density at radius 3 is 2.38 bits per heavy atom. The fraction of sp³-hybridized carbons (Fsp3) is 0. The second-order valence-electron chi connectivity index (χ2n) is 4.60. The number of rotatable bonds is 3.